The van der Waals surface area contributed by atoms with E-state index in [-0.39, 0.29) is 13.4 Å². The summed E-state index contributed by atoms with van der Waals surface area (Å²) >= 11 is 0. The van der Waals surface area contributed by atoms with Gasteiger partial charge in [0, 0.05) is 12.0 Å². The van der Waals surface area contributed by atoms with Crippen molar-refractivity contribution in [1.29, 1.82) is 0 Å². The van der Waals surface area contributed by atoms with E-state index in [2.05, 4.69) is 0 Å². The Morgan fingerprint density at radius 1 is 1.35 bits per heavy atom. The molecule has 0 aliphatic carbocycles. The fourth-order valence-corrected chi connectivity index (χ4v) is 3.15. The minimum absolute atomic E-state index is 0.255. The summed E-state index contributed by atoms with van der Waals surface area (Å²) in [5.41, 5.74) is 1.17. The maximum atomic E-state index is 9.50. The number of benzene rings is 1. The molecule has 1 aromatic carbocycles. The van der Waals surface area contributed by atoms with Crippen molar-refractivity contribution in [1.82, 2.24) is 0 Å². The molecule has 110 valence electrons. The van der Waals surface area contributed by atoms with Crippen LogP contribution in [-0.4, -0.2) is 38.2 Å². The number of aliphatic hydroxyl groups is 1. The topological polar surface area (TPSA) is 52.4 Å². The Morgan fingerprint density at radius 3 is 3.05 bits per heavy atom. The number of hydrogen-bond donors (Lipinski definition) is 2. The lowest BCUT2D eigenvalue weighted by Gasteiger charge is -2.31. The largest absolute Gasteiger partial charge is 0.493 e. The molecule has 0 aromatic heterocycles. The fraction of sp³-hybridized carbons (Fsp3) is 0.600. The van der Waals surface area contributed by atoms with Gasteiger partial charge >= 0.3 is 0 Å². The van der Waals surface area contributed by atoms with E-state index in [0.29, 0.717) is 11.8 Å². The van der Waals surface area contributed by atoms with E-state index in [0.717, 1.165) is 31.0 Å². The summed E-state index contributed by atoms with van der Waals surface area (Å²) in [4.78, 5) is 1.44. The zero-order valence-electron chi connectivity index (χ0n) is 11.9. The summed E-state index contributed by atoms with van der Waals surface area (Å²) in [6.07, 6.45) is 3.56. The number of quaternary nitrogens is 1. The second-order valence-corrected chi connectivity index (χ2v) is 5.49. The van der Waals surface area contributed by atoms with E-state index >= 15 is 0 Å². The maximum Gasteiger partial charge on any atom is 0.231 e. The van der Waals surface area contributed by atoms with Crippen LogP contribution >= 0.6 is 0 Å². The van der Waals surface area contributed by atoms with Crippen LogP contribution in [0.5, 0.6) is 17.2 Å². The van der Waals surface area contributed by atoms with Gasteiger partial charge in [-0.25, -0.2) is 0 Å². The fourth-order valence-electron chi connectivity index (χ4n) is 3.15. The van der Waals surface area contributed by atoms with E-state index in [1.165, 1.54) is 23.3 Å². The molecule has 5 heteroatoms. The highest BCUT2D eigenvalue weighted by Gasteiger charge is 2.27. The molecule has 2 heterocycles. The zero-order valence-corrected chi connectivity index (χ0v) is 11.9. The number of likely N-dealkylation sites (tertiary alicyclic amines) is 1. The molecule has 2 N–H and O–H groups in total. The summed E-state index contributed by atoms with van der Waals surface area (Å²) in [7, 11) is 1.64. The Kier molecular flexibility index (Phi) is 3.98. The van der Waals surface area contributed by atoms with Crippen molar-refractivity contribution in [3.8, 4) is 17.2 Å². The Balaban J connectivity index is 1.80. The SMILES string of the molecule is COc1cc(C[NH+]2CCCC[C@H]2CO)cc2c1OCO2. The third-order valence-corrected chi connectivity index (χ3v) is 4.25. The van der Waals surface area contributed by atoms with Gasteiger partial charge in [0.2, 0.25) is 12.5 Å². The summed E-state index contributed by atoms with van der Waals surface area (Å²) in [5, 5.41) is 9.50. The molecule has 1 fully saturated rings. The van der Waals surface area contributed by atoms with Crippen LogP contribution in [0.4, 0.5) is 0 Å². The molecule has 2 atom stereocenters. The van der Waals surface area contributed by atoms with E-state index < -0.39 is 0 Å². The minimum atomic E-state index is 0.255. The minimum Gasteiger partial charge on any atom is -0.493 e. The van der Waals surface area contributed by atoms with Crippen molar-refractivity contribution >= 4 is 0 Å². The van der Waals surface area contributed by atoms with Crippen molar-refractivity contribution in [2.45, 2.75) is 31.8 Å². The third kappa shape index (κ3) is 2.55. The van der Waals surface area contributed by atoms with Crippen LogP contribution in [-0.2, 0) is 6.54 Å². The zero-order chi connectivity index (χ0) is 13.9. The smallest absolute Gasteiger partial charge is 0.231 e. The molecule has 0 saturated carbocycles. The summed E-state index contributed by atoms with van der Waals surface area (Å²) < 4.78 is 16.3. The number of ether oxygens (including phenoxy) is 3. The molecule has 3 rings (SSSR count). The normalized spacial score (nSPS) is 24.7. The molecular weight excluding hydrogens is 258 g/mol. The summed E-state index contributed by atoms with van der Waals surface area (Å²) in [6, 6.07) is 4.39. The number of aliphatic hydroxyl groups excluding tert-OH is 1. The molecule has 0 spiro atoms. The predicted octanol–water partition coefficient (Wildman–Crippen LogP) is 0.354. The number of methoxy groups -OCH3 is 1. The molecule has 1 unspecified atom stereocenters. The van der Waals surface area contributed by atoms with Crippen LogP contribution in [0, 0.1) is 0 Å². The van der Waals surface area contributed by atoms with Crippen molar-refractivity contribution < 1.29 is 24.2 Å². The maximum absolute atomic E-state index is 9.50. The Morgan fingerprint density at radius 2 is 2.25 bits per heavy atom. The van der Waals surface area contributed by atoms with Gasteiger partial charge < -0.3 is 24.2 Å². The lowest BCUT2D eigenvalue weighted by Crippen LogP contribution is -3.15. The Bertz CT molecular complexity index is 477. The lowest BCUT2D eigenvalue weighted by molar-refractivity contribution is -0.944. The van der Waals surface area contributed by atoms with Crippen LogP contribution in [0.15, 0.2) is 12.1 Å². The number of fused-ring (bicyclic) bond motifs is 1. The lowest BCUT2D eigenvalue weighted by atomic mass is 10.0. The molecular formula is C15H22NO4+. The van der Waals surface area contributed by atoms with E-state index in [1.807, 2.05) is 12.1 Å². The summed E-state index contributed by atoms with van der Waals surface area (Å²) in [6.45, 7) is 2.52. The van der Waals surface area contributed by atoms with Crippen molar-refractivity contribution in [3.05, 3.63) is 17.7 Å². The first-order valence-corrected chi connectivity index (χ1v) is 7.23. The molecule has 20 heavy (non-hydrogen) atoms. The third-order valence-electron chi connectivity index (χ3n) is 4.25. The number of nitrogens with one attached hydrogen (secondary N) is 1. The van der Waals surface area contributed by atoms with Crippen LogP contribution in [0.2, 0.25) is 0 Å². The second-order valence-electron chi connectivity index (χ2n) is 5.49. The average Bonchev–Trinajstić information content (AvgIpc) is 2.95. The number of rotatable bonds is 4. The first-order chi connectivity index (χ1) is 9.81. The van der Waals surface area contributed by atoms with Crippen molar-refractivity contribution in [2.24, 2.45) is 0 Å². The van der Waals surface area contributed by atoms with Gasteiger partial charge in [-0.3, -0.25) is 0 Å². The van der Waals surface area contributed by atoms with Gasteiger partial charge in [0.25, 0.3) is 0 Å². The number of hydrogen-bond acceptors (Lipinski definition) is 4. The van der Waals surface area contributed by atoms with E-state index in [9.17, 15) is 5.11 Å². The molecule has 0 amide bonds. The van der Waals surface area contributed by atoms with Gasteiger partial charge in [-0.15, -0.1) is 0 Å². The average molecular weight is 280 g/mol. The predicted molar refractivity (Wildman–Crippen MR) is 73.4 cm³/mol. The quantitative estimate of drug-likeness (QED) is 0.836. The Hall–Kier alpha value is -1.46. The molecule has 0 bridgehead atoms. The molecule has 0 radical (unpaired) electrons. The van der Waals surface area contributed by atoms with Gasteiger partial charge in [-0.1, -0.05) is 0 Å². The second kappa shape index (κ2) is 5.89. The van der Waals surface area contributed by atoms with Crippen LogP contribution in [0.1, 0.15) is 24.8 Å². The van der Waals surface area contributed by atoms with Crippen LogP contribution in [0.25, 0.3) is 0 Å². The highest BCUT2D eigenvalue weighted by Crippen LogP contribution is 2.41. The van der Waals surface area contributed by atoms with Gasteiger partial charge in [-0.05, 0) is 25.0 Å². The summed E-state index contributed by atoms with van der Waals surface area (Å²) in [5.74, 6) is 2.19. The molecule has 2 aliphatic heterocycles. The Labute approximate surface area is 119 Å². The van der Waals surface area contributed by atoms with E-state index in [4.69, 9.17) is 14.2 Å². The van der Waals surface area contributed by atoms with Gasteiger partial charge in [0.05, 0.1) is 20.3 Å². The van der Waals surface area contributed by atoms with Crippen LogP contribution < -0.4 is 19.1 Å². The van der Waals surface area contributed by atoms with Gasteiger partial charge in [0.1, 0.15) is 12.6 Å². The molecule has 1 aromatic rings. The van der Waals surface area contributed by atoms with Crippen molar-refractivity contribution in [2.75, 3.05) is 27.1 Å². The van der Waals surface area contributed by atoms with Gasteiger partial charge in [-0.2, -0.15) is 0 Å². The molecule has 1 saturated heterocycles. The van der Waals surface area contributed by atoms with Gasteiger partial charge in [0.15, 0.2) is 11.5 Å². The monoisotopic (exact) mass is 280 g/mol. The van der Waals surface area contributed by atoms with Crippen LogP contribution in [0.3, 0.4) is 0 Å². The molecule has 2 aliphatic rings. The highest BCUT2D eigenvalue weighted by molar-refractivity contribution is 5.54. The first-order valence-electron chi connectivity index (χ1n) is 7.23. The van der Waals surface area contributed by atoms with E-state index in [1.54, 1.807) is 7.11 Å². The number of piperidine rings is 1. The standard InChI is InChI=1S/C15H21NO4/c1-18-13-6-11(7-14-15(13)20-10-19-14)8-16-5-3-2-4-12(16)9-17/h6-7,12,17H,2-5,8-10H2,1H3/p+1/t12-/m0/s1. The van der Waals surface area contributed by atoms with Crippen molar-refractivity contribution in [3.63, 3.8) is 0 Å². The first kappa shape index (κ1) is 13.5. The highest BCUT2D eigenvalue weighted by atomic mass is 16.7. The molecule has 5 nitrogen and oxygen atoms in total.